The summed E-state index contributed by atoms with van der Waals surface area (Å²) in [6.07, 6.45) is 1.62. The van der Waals surface area contributed by atoms with Crippen molar-refractivity contribution in [3.8, 4) is 0 Å². The Morgan fingerprint density at radius 1 is 0.667 bits per heavy atom. The van der Waals surface area contributed by atoms with E-state index in [2.05, 4.69) is 10.6 Å². The van der Waals surface area contributed by atoms with Gasteiger partial charge in [0.1, 0.15) is 11.6 Å². The summed E-state index contributed by atoms with van der Waals surface area (Å²) in [5.41, 5.74) is 3.49. The lowest BCUT2D eigenvalue weighted by molar-refractivity contribution is 0.0598. The van der Waals surface area contributed by atoms with Crippen LogP contribution in [-0.2, 0) is 23.2 Å². The fraction of sp³-hybridized carbons (Fsp3) is 0.216. The first-order valence-electron chi connectivity index (χ1n) is 15.1. The molecule has 0 fully saturated rings. The topological polar surface area (TPSA) is 139 Å². The smallest absolute Gasteiger partial charge is 0.338 e. The molecule has 48 heavy (non-hydrogen) atoms. The second-order valence-electron chi connectivity index (χ2n) is 11.8. The fourth-order valence-corrected chi connectivity index (χ4v) is 5.85. The maximum atomic E-state index is 13.0. The SMILES string of the molecule is CC(C)(O)c1ccc(NC(=O)c2ccc(F)cc2)c2c1CCC2=O.COC(=O)c1ccc(NC(=O)c2ccc(F)cc2)c2c1CCC2=O. The Kier molecular flexibility index (Phi) is 9.62. The molecule has 0 atom stereocenters. The number of Topliss-reactive ketones (excluding diaryl/α,β-unsaturated/α-hetero) is 2. The summed E-state index contributed by atoms with van der Waals surface area (Å²) in [5.74, 6) is -2.43. The van der Waals surface area contributed by atoms with E-state index in [0.717, 1.165) is 5.56 Å². The monoisotopic (exact) mass is 654 g/mol. The highest BCUT2D eigenvalue weighted by Gasteiger charge is 2.31. The maximum absolute atomic E-state index is 13.0. The number of anilines is 2. The minimum absolute atomic E-state index is 0.0505. The zero-order valence-electron chi connectivity index (χ0n) is 26.4. The second kappa shape index (κ2) is 13.7. The van der Waals surface area contributed by atoms with Gasteiger partial charge in [0.2, 0.25) is 0 Å². The van der Waals surface area contributed by atoms with Gasteiger partial charge < -0.3 is 20.5 Å². The Bertz CT molecular complexity index is 1950. The molecule has 6 rings (SSSR count). The summed E-state index contributed by atoms with van der Waals surface area (Å²) in [7, 11) is 1.27. The van der Waals surface area contributed by atoms with Gasteiger partial charge in [-0.3, -0.25) is 19.2 Å². The number of methoxy groups -OCH3 is 1. The van der Waals surface area contributed by atoms with E-state index in [9.17, 15) is 37.9 Å². The lowest BCUT2D eigenvalue weighted by Crippen LogP contribution is -2.20. The van der Waals surface area contributed by atoms with Crippen LogP contribution < -0.4 is 10.6 Å². The lowest BCUT2D eigenvalue weighted by Gasteiger charge is -2.22. The third-order valence-electron chi connectivity index (χ3n) is 8.16. The molecule has 0 spiro atoms. The lowest BCUT2D eigenvalue weighted by atomic mass is 9.90. The summed E-state index contributed by atoms with van der Waals surface area (Å²) in [4.78, 5) is 60.8. The average molecular weight is 655 g/mol. The summed E-state index contributed by atoms with van der Waals surface area (Å²) >= 11 is 0. The first-order chi connectivity index (χ1) is 22.8. The molecule has 4 aromatic rings. The van der Waals surface area contributed by atoms with Crippen molar-refractivity contribution in [2.24, 2.45) is 0 Å². The van der Waals surface area contributed by atoms with Gasteiger partial charge in [-0.05, 0) is 110 Å². The van der Waals surface area contributed by atoms with Crippen LogP contribution in [0, 0.1) is 11.6 Å². The number of hydrogen-bond acceptors (Lipinski definition) is 7. The van der Waals surface area contributed by atoms with Crippen molar-refractivity contribution in [1.29, 1.82) is 0 Å². The van der Waals surface area contributed by atoms with E-state index in [1.54, 1.807) is 26.0 Å². The Labute approximate surface area is 274 Å². The van der Waals surface area contributed by atoms with Crippen LogP contribution in [-0.4, -0.2) is 41.6 Å². The zero-order valence-corrected chi connectivity index (χ0v) is 26.4. The van der Waals surface area contributed by atoms with Crippen LogP contribution in [0.5, 0.6) is 0 Å². The van der Waals surface area contributed by atoms with Crippen molar-refractivity contribution >= 4 is 40.7 Å². The van der Waals surface area contributed by atoms with E-state index < -0.39 is 35.0 Å². The Balaban J connectivity index is 0.000000188. The van der Waals surface area contributed by atoms with Gasteiger partial charge in [-0.25, -0.2) is 13.6 Å². The van der Waals surface area contributed by atoms with E-state index in [1.165, 1.54) is 67.8 Å². The third-order valence-corrected chi connectivity index (χ3v) is 8.16. The number of carbonyl (C=O) groups is 5. The number of ketones is 2. The van der Waals surface area contributed by atoms with Crippen LogP contribution in [0.1, 0.15) is 95.2 Å². The molecule has 3 N–H and O–H groups in total. The Morgan fingerprint density at radius 3 is 1.56 bits per heavy atom. The molecule has 0 unspecified atom stereocenters. The summed E-state index contributed by atoms with van der Waals surface area (Å²) in [6.45, 7) is 3.34. The molecule has 2 amide bonds. The van der Waals surface area contributed by atoms with Gasteiger partial charge in [0, 0.05) is 35.1 Å². The molecule has 0 saturated carbocycles. The minimum Gasteiger partial charge on any atom is -0.465 e. The first kappa shape index (κ1) is 33.8. The molecule has 0 heterocycles. The van der Waals surface area contributed by atoms with Crippen LogP contribution in [0.15, 0.2) is 72.8 Å². The highest BCUT2D eigenvalue weighted by atomic mass is 19.1. The molecule has 0 aliphatic heterocycles. The molecule has 9 nitrogen and oxygen atoms in total. The number of amides is 2. The number of nitrogens with one attached hydrogen (secondary N) is 2. The Morgan fingerprint density at radius 2 is 1.10 bits per heavy atom. The van der Waals surface area contributed by atoms with Crippen LogP contribution in [0.4, 0.5) is 20.2 Å². The largest absolute Gasteiger partial charge is 0.465 e. The molecule has 0 saturated heterocycles. The summed E-state index contributed by atoms with van der Waals surface area (Å²) in [6, 6.07) is 16.7. The standard InChI is InChI=1S/C19H18FNO3.C18H14FNO4/c1-19(2,24)14-8-9-15(17-13(14)7-10-16(17)22)21-18(23)11-3-5-12(20)6-4-11;1-24-18(23)13-6-8-14(16-12(13)7-9-15(16)21)20-17(22)10-2-4-11(19)5-3-10/h3-6,8-9,24H,7,10H2,1-2H3,(H,21,23);2-6,8H,7,9H2,1H3,(H,20,22). The minimum atomic E-state index is -1.06. The maximum Gasteiger partial charge on any atom is 0.338 e. The predicted octanol–water partition coefficient (Wildman–Crippen LogP) is 6.43. The van der Waals surface area contributed by atoms with Gasteiger partial charge in [0.05, 0.1) is 29.6 Å². The normalized spacial score (nSPS) is 13.2. The number of hydrogen-bond donors (Lipinski definition) is 3. The number of rotatable bonds is 6. The van der Waals surface area contributed by atoms with Crippen LogP contribution >= 0.6 is 0 Å². The molecule has 4 aromatic carbocycles. The molecule has 0 aromatic heterocycles. The van der Waals surface area contributed by atoms with E-state index in [0.29, 0.717) is 64.0 Å². The second-order valence-corrected chi connectivity index (χ2v) is 11.8. The highest BCUT2D eigenvalue weighted by Crippen LogP contribution is 2.37. The van der Waals surface area contributed by atoms with Crippen molar-refractivity contribution in [2.75, 3.05) is 17.7 Å². The third kappa shape index (κ3) is 7.06. The molecule has 2 aliphatic carbocycles. The van der Waals surface area contributed by atoms with Crippen LogP contribution in [0.2, 0.25) is 0 Å². The molecule has 0 bridgehead atoms. The molecule has 2 aliphatic rings. The van der Waals surface area contributed by atoms with Gasteiger partial charge >= 0.3 is 5.97 Å². The molecular formula is C37H32F2N2O7. The van der Waals surface area contributed by atoms with Crippen molar-refractivity contribution < 1.29 is 42.6 Å². The van der Waals surface area contributed by atoms with Gasteiger partial charge in [-0.15, -0.1) is 0 Å². The molecular weight excluding hydrogens is 622 g/mol. The number of ether oxygens (including phenoxy) is 1. The van der Waals surface area contributed by atoms with Crippen molar-refractivity contribution in [2.45, 2.75) is 45.1 Å². The van der Waals surface area contributed by atoms with E-state index in [4.69, 9.17) is 4.74 Å². The van der Waals surface area contributed by atoms with Crippen LogP contribution in [0.3, 0.4) is 0 Å². The molecule has 0 radical (unpaired) electrons. The van der Waals surface area contributed by atoms with E-state index >= 15 is 0 Å². The van der Waals surface area contributed by atoms with Gasteiger partial charge in [0.15, 0.2) is 11.6 Å². The summed E-state index contributed by atoms with van der Waals surface area (Å²) < 4.78 is 30.6. The number of aliphatic hydroxyl groups is 1. The quantitative estimate of drug-likeness (QED) is 0.204. The number of carbonyl (C=O) groups excluding carboxylic acids is 5. The van der Waals surface area contributed by atoms with Crippen LogP contribution in [0.25, 0.3) is 0 Å². The van der Waals surface area contributed by atoms with E-state index in [-0.39, 0.29) is 23.6 Å². The fourth-order valence-electron chi connectivity index (χ4n) is 5.85. The van der Waals surface area contributed by atoms with Crippen molar-refractivity contribution in [3.63, 3.8) is 0 Å². The van der Waals surface area contributed by atoms with E-state index in [1.807, 2.05) is 0 Å². The number of esters is 1. The molecule has 246 valence electrons. The van der Waals surface area contributed by atoms with Gasteiger partial charge in [-0.1, -0.05) is 6.07 Å². The number of fused-ring (bicyclic) bond motifs is 2. The van der Waals surface area contributed by atoms with Crippen molar-refractivity contribution in [3.05, 3.63) is 129 Å². The first-order valence-corrected chi connectivity index (χ1v) is 15.1. The van der Waals surface area contributed by atoms with Crippen molar-refractivity contribution in [1.82, 2.24) is 0 Å². The molecule has 11 heteroatoms. The zero-order chi connectivity index (χ0) is 34.7. The number of halogens is 2. The summed E-state index contributed by atoms with van der Waals surface area (Å²) in [5, 5.41) is 15.7. The predicted molar refractivity (Wildman–Crippen MR) is 173 cm³/mol. The average Bonchev–Trinajstić information content (AvgIpc) is 3.64. The Hall–Kier alpha value is -5.55. The van der Waals surface area contributed by atoms with Gasteiger partial charge in [-0.2, -0.15) is 0 Å². The van der Waals surface area contributed by atoms with Gasteiger partial charge in [0.25, 0.3) is 11.8 Å². The number of benzene rings is 4. The highest BCUT2D eigenvalue weighted by molar-refractivity contribution is 6.13.